The Kier molecular flexibility index (Phi) is 11.8. The number of nitrogens with one attached hydrogen (secondary N) is 4. The number of aromatic nitrogens is 2. The number of rotatable bonds is 10. The van der Waals surface area contributed by atoms with Gasteiger partial charge in [-0.3, -0.25) is 4.79 Å². The molecule has 1 atom stereocenters. The van der Waals surface area contributed by atoms with Crippen molar-refractivity contribution in [3.8, 4) is 11.5 Å². The van der Waals surface area contributed by atoms with E-state index in [1.54, 1.807) is 6.20 Å². The fraction of sp³-hybridized carbons (Fsp3) is 0.528. The van der Waals surface area contributed by atoms with Crippen LogP contribution in [-0.4, -0.2) is 62.4 Å². The van der Waals surface area contributed by atoms with Gasteiger partial charge in [-0.1, -0.05) is 45.2 Å². The van der Waals surface area contributed by atoms with E-state index >= 15 is 0 Å². The van der Waals surface area contributed by atoms with Crippen molar-refractivity contribution in [2.45, 2.75) is 116 Å². The third-order valence-electron chi connectivity index (χ3n) is 7.83. The van der Waals surface area contributed by atoms with Crippen molar-refractivity contribution in [2.75, 3.05) is 17.2 Å². The zero-order valence-electron chi connectivity index (χ0n) is 29.9. The number of hydrogen-bond acceptors (Lipinski definition) is 6. The minimum Gasteiger partial charge on any atom is -0.444 e. The van der Waals surface area contributed by atoms with E-state index in [4.69, 9.17) is 14.5 Å². The highest BCUT2D eigenvalue weighted by Crippen LogP contribution is 2.36. The lowest BCUT2D eigenvalue weighted by atomic mass is 9.90. The Labute approximate surface area is 286 Å². The molecule has 0 spiro atoms. The zero-order chi connectivity index (χ0) is 35.3. The third kappa shape index (κ3) is 11.5. The predicted octanol–water partition coefficient (Wildman–Crippen LogP) is 8.21. The van der Waals surface area contributed by atoms with E-state index < -0.39 is 33.9 Å². The van der Waals surface area contributed by atoms with E-state index in [-0.39, 0.29) is 23.8 Å². The normalized spacial score (nSPS) is 17.6. The number of H-pyrrole nitrogens is 1. The van der Waals surface area contributed by atoms with E-state index in [0.717, 1.165) is 48.5 Å². The van der Waals surface area contributed by atoms with E-state index in [1.165, 1.54) is 24.3 Å². The SMILES string of the molecule is CC(C)(C)OC(=O)NC1CCC(Nc2c(C(OCC[Si](C)(C)C)C(=O)Nc3ccc(F)cc3)cnc3[nH]c(C#C[Si](C)(C)C)cc23)CC1. The first-order chi connectivity index (χ1) is 22.3. The second-order valence-corrected chi connectivity index (χ2v) is 26.3. The van der Waals surface area contributed by atoms with Crippen LogP contribution in [-0.2, 0) is 14.3 Å². The molecule has 0 radical (unpaired) electrons. The fourth-order valence-corrected chi connectivity index (χ4v) is 6.60. The van der Waals surface area contributed by atoms with Crippen molar-refractivity contribution >= 4 is 50.6 Å². The molecule has 4 N–H and O–H groups in total. The van der Waals surface area contributed by atoms with Gasteiger partial charge in [-0.25, -0.2) is 14.2 Å². The van der Waals surface area contributed by atoms with Crippen molar-refractivity contribution in [2.24, 2.45) is 0 Å². The van der Waals surface area contributed by atoms with Gasteiger partial charge in [-0.15, -0.1) is 5.54 Å². The number of carbonyl (C=O) groups is 2. The first-order valence-corrected chi connectivity index (χ1v) is 24.0. The molecule has 2 heterocycles. The minimum atomic E-state index is -1.63. The molecule has 3 aromatic rings. The number of ether oxygens (including phenoxy) is 2. The van der Waals surface area contributed by atoms with Crippen LogP contribution in [0.2, 0.25) is 45.3 Å². The lowest BCUT2D eigenvalue weighted by Gasteiger charge is -2.32. The number of alkyl carbamates (subject to hydrolysis) is 1. The van der Waals surface area contributed by atoms with Gasteiger partial charge in [-0.2, -0.15) is 0 Å². The maximum absolute atomic E-state index is 13.9. The largest absolute Gasteiger partial charge is 0.444 e. The highest BCUT2D eigenvalue weighted by molar-refractivity contribution is 6.83. The van der Waals surface area contributed by atoms with Gasteiger partial charge >= 0.3 is 6.09 Å². The summed E-state index contributed by atoms with van der Waals surface area (Å²) in [6.45, 7) is 19.4. The highest BCUT2D eigenvalue weighted by atomic mass is 28.3. The zero-order valence-corrected chi connectivity index (χ0v) is 31.9. The molecule has 12 heteroatoms. The number of pyridine rings is 1. The van der Waals surface area contributed by atoms with Crippen LogP contribution < -0.4 is 16.0 Å². The molecule has 1 aliphatic carbocycles. The Morgan fingerprint density at radius 1 is 1.04 bits per heavy atom. The molecule has 48 heavy (non-hydrogen) atoms. The van der Waals surface area contributed by atoms with Crippen LogP contribution in [0.15, 0.2) is 36.5 Å². The summed E-state index contributed by atoms with van der Waals surface area (Å²) in [5, 5.41) is 10.5. The second-order valence-electron chi connectivity index (χ2n) is 15.9. The van der Waals surface area contributed by atoms with Crippen LogP contribution >= 0.6 is 0 Å². The van der Waals surface area contributed by atoms with Gasteiger partial charge in [0.1, 0.15) is 25.1 Å². The number of carbonyl (C=O) groups excluding carboxylic acids is 2. The lowest BCUT2D eigenvalue weighted by molar-refractivity contribution is -0.127. The number of anilines is 2. The van der Waals surface area contributed by atoms with Crippen molar-refractivity contribution < 1.29 is 23.5 Å². The summed E-state index contributed by atoms with van der Waals surface area (Å²) in [5.74, 6) is 2.56. The second kappa shape index (κ2) is 15.3. The van der Waals surface area contributed by atoms with Crippen LogP contribution in [0.5, 0.6) is 0 Å². The molecule has 1 unspecified atom stereocenters. The van der Waals surface area contributed by atoms with Crippen LogP contribution in [0, 0.1) is 17.3 Å². The molecule has 1 saturated carbocycles. The van der Waals surface area contributed by atoms with Crippen LogP contribution in [0.1, 0.15) is 63.8 Å². The van der Waals surface area contributed by atoms with E-state index in [0.29, 0.717) is 23.5 Å². The van der Waals surface area contributed by atoms with Crippen molar-refractivity contribution in [1.29, 1.82) is 0 Å². The van der Waals surface area contributed by atoms with Crippen molar-refractivity contribution in [3.63, 3.8) is 0 Å². The smallest absolute Gasteiger partial charge is 0.407 e. The Bertz CT molecular complexity index is 1640. The standard InChI is InChI=1S/C36H52FN5O4Si2/c1-36(2,3)46-35(44)42-27-16-14-25(15-17-27)39-31-29-22-28(18-20-47(4,5)6)40-33(29)38-23-30(31)32(45-19-21-48(7,8)9)34(43)41-26-12-10-24(37)11-13-26/h10-13,22-23,25,27,32H,14-17,19,21H2,1-9H3,(H,41,43)(H,42,44)(H2,38,39,40). The summed E-state index contributed by atoms with van der Waals surface area (Å²) in [6, 6.07) is 8.67. The van der Waals surface area contributed by atoms with Crippen LogP contribution in [0.4, 0.5) is 20.6 Å². The number of amides is 2. The van der Waals surface area contributed by atoms with E-state index in [2.05, 4.69) is 71.7 Å². The number of benzene rings is 1. The molecule has 2 amide bonds. The fourth-order valence-electron chi connectivity index (χ4n) is 5.36. The van der Waals surface area contributed by atoms with E-state index in [1.807, 2.05) is 26.8 Å². The summed E-state index contributed by atoms with van der Waals surface area (Å²) in [6.07, 6.45) is 3.50. The summed E-state index contributed by atoms with van der Waals surface area (Å²) in [4.78, 5) is 34.5. The Morgan fingerprint density at radius 2 is 1.69 bits per heavy atom. The minimum absolute atomic E-state index is 0.0182. The number of halogens is 1. The van der Waals surface area contributed by atoms with E-state index in [9.17, 15) is 14.0 Å². The van der Waals surface area contributed by atoms with Crippen molar-refractivity contribution in [3.05, 3.63) is 53.6 Å². The third-order valence-corrected chi connectivity index (χ3v) is 10.4. The van der Waals surface area contributed by atoms with Gasteiger partial charge in [-0.05, 0) is 82.8 Å². The Hall–Kier alpha value is -3.67. The maximum Gasteiger partial charge on any atom is 0.407 e. The average Bonchev–Trinajstić information content (AvgIpc) is 3.39. The highest BCUT2D eigenvalue weighted by Gasteiger charge is 2.31. The molecule has 0 saturated heterocycles. The molecule has 0 aliphatic heterocycles. The molecular formula is C36H52FN5O4Si2. The molecule has 2 aromatic heterocycles. The molecule has 0 bridgehead atoms. The van der Waals surface area contributed by atoms with Gasteiger partial charge in [0.25, 0.3) is 5.91 Å². The number of aromatic amines is 1. The van der Waals surface area contributed by atoms with Gasteiger partial charge in [0.2, 0.25) is 0 Å². The number of fused-ring (bicyclic) bond motifs is 1. The van der Waals surface area contributed by atoms with Crippen LogP contribution in [0.3, 0.4) is 0 Å². The molecule has 4 rings (SSSR count). The number of nitrogens with zero attached hydrogens (tertiary/aromatic N) is 1. The lowest BCUT2D eigenvalue weighted by Crippen LogP contribution is -2.42. The quantitative estimate of drug-likeness (QED) is 0.126. The summed E-state index contributed by atoms with van der Waals surface area (Å²) in [5.41, 5.74) is 6.16. The summed E-state index contributed by atoms with van der Waals surface area (Å²) >= 11 is 0. The summed E-state index contributed by atoms with van der Waals surface area (Å²) in [7, 11) is -3.10. The molecule has 1 aliphatic rings. The molecular weight excluding hydrogens is 642 g/mol. The topological polar surface area (TPSA) is 117 Å². The molecule has 260 valence electrons. The molecule has 1 aromatic carbocycles. The Balaban J connectivity index is 1.67. The monoisotopic (exact) mass is 693 g/mol. The summed E-state index contributed by atoms with van der Waals surface area (Å²) < 4.78 is 25.5. The first-order valence-electron chi connectivity index (χ1n) is 16.8. The molecule has 1 fully saturated rings. The van der Waals surface area contributed by atoms with Crippen molar-refractivity contribution in [1.82, 2.24) is 15.3 Å². The van der Waals surface area contributed by atoms with Gasteiger partial charge < -0.3 is 30.4 Å². The molecule has 9 nitrogen and oxygen atoms in total. The predicted molar refractivity (Wildman–Crippen MR) is 197 cm³/mol. The van der Waals surface area contributed by atoms with Gasteiger partial charge in [0.15, 0.2) is 6.10 Å². The van der Waals surface area contributed by atoms with Crippen LogP contribution in [0.25, 0.3) is 11.0 Å². The Morgan fingerprint density at radius 3 is 2.29 bits per heavy atom. The number of hydrogen-bond donors (Lipinski definition) is 4. The van der Waals surface area contributed by atoms with Gasteiger partial charge in [0.05, 0.1) is 11.4 Å². The van der Waals surface area contributed by atoms with Gasteiger partial charge in [0, 0.05) is 49.6 Å². The first kappa shape index (κ1) is 37.2. The maximum atomic E-state index is 13.9. The average molecular weight is 694 g/mol.